The zero-order valence-electron chi connectivity index (χ0n) is 10.8. The Morgan fingerprint density at radius 2 is 2.17 bits per heavy atom. The maximum absolute atomic E-state index is 11.6. The quantitative estimate of drug-likeness (QED) is 0.551. The highest BCUT2D eigenvalue weighted by molar-refractivity contribution is 5.71. The highest BCUT2D eigenvalue weighted by Crippen LogP contribution is 2.18. The average molecular weight is 260 g/mol. The molecule has 1 heterocycles. The van der Waals surface area contributed by atoms with E-state index in [0.29, 0.717) is 6.54 Å². The Balaban J connectivity index is 2.56. The minimum Gasteiger partial charge on any atom is -0.367 e. The van der Waals surface area contributed by atoms with Gasteiger partial charge in [0.1, 0.15) is 6.61 Å². The molecule has 1 rings (SSSR count). The fraction of sp³-hybridized carbons (Fsp3) is 0.909. The minimum atomic E-state index is -0.812. The lowest BCUT2D eigenvalue weighted by Gasteiger charge is -2.27. The Labute approximate surface area is 106 Å². The number of hydrogen-bond acceptors (Lipinski definition) is 6. The van der Waals surface area contributed by atoms with Crippen LogP contribution in [-0.2, 0) is 14.5 Å². The van der Waals surface area contributed by atoms with Crippen molar-refractivity contribution >= 4 is 5.97 Å². The predicted octanol–water partition coefficient (Wildman–Crippen LogP) is 1.55. The summed E-state index contributed by atoms with van der Waals surface area (Å²) in [7, 11) is 0. The van der Waals surface area contributed by atoms with Gasteiger partial charge >= 0.3 is 5.97 Å². The average Bonchev–Trinajstić information content (AvgIpc) is 2.51. The Bertz CT molecular complexity index is 295. The lowest BCUT2D eigenvalue weighted by atomic mass is 10.1. The van der Waals surface area contributed by atoms with E-state index in [2.05, 4.69) is 4.84 Å². The van der Waals surface area contributed by atoms with Crippen LogP contribution in [0.25, 0.3) is 0 Å². The summed E-state index contributed by atoms with van der Waals surface area (Å²) in [5, 5.41) is 11.0. The van der Waals surface area contributed by atoms with Gasteiger partial charge in [0.2, 0.25) is 0 Å². The van der Waals surface area contributed by atoms with Crippen LogP contribution in [0.5, 0.6) is 0 Å². The summed E-state index contributed by atoms with van der Waals surface area (Å²) in [4.78, 5) is 31.5. The van der Waals surface area contributed by atoms with Crippen LogP contribution in [0.3, 0.4) is 0 Å². The van der Waals surface area contributed by atoms with Gasteiger partial charge in [0.15, 0.2) is 0 Å². The fourth-order valence-electron chi connectivity index (χ4n) is 1.81. The van der Waals surface area contributed by atoms with Gasteiger partial charge in [0.05, 0.1) is 12.0 Å². The molecular weight excluding hydrogens is 240 g/mol. The molecule has 1 fully saturated rings. The van der Waals surface area contributed by atoms with E-state index in [1.165, 1.54) is 0 Å². The summed E-state index contributed by atoms with van der Waals surface area (Å²) in [6, 6.07) is -0.236. The zero-order valence-corrected chi connectivity index (χ0v) is 10.8. The van der Waals surface area contributed by atoms with Crippen LogP contribution in [0.2, 0.25) is 0 Å². The van der Waals surface area contributed by atoms with Gasteiger partial charge in [-0.25, -0.2) is 0 Å². The third-order valence-corrected chi connectivity index (χ3v) is 2.87. The number of hydrogen-bond donors (Lipinski definition) is 0. The third kappa shape index (κ3) is 4.87. The van der Waals surface area contributed by atoms with E-state index >= 15 is 0 Å². The van der Waals surface area contributed by atoms with Crippen LogP contribution < -0.4 is 0 Å². The Morgan fingerprint density at radius 3 is 2.78 bits per heavy atom. The van der Waals surface area contributed by atoms with Gasteiger partial charge in [0, 0.05) is 6.54 Å². The molecule has 1 saturated heterocycles. The van der Waals surface area contributed by atoms with Gasteiger partial charge in [-0.2, -0.15) is 0 Å². The molecule has 1 atom stereocenters. The molecule has 18 heavy (non-hydrogen) atoms. The summed E-state index contributed by atoms with van der Waals surface area (Å²) in [5.74, 6) is -0.534. The second-order valence-corrected chi connectivity index (χ2v) is 4.73. The first-order chi connectivity index (χ1) is 8.50. The summed E-state index contributed by atoms with van der Waals surface area (Å²) in [5.41, 5.74) is 0. The normalized spacial score (nSPS) is 21.4. The molecule has 0 spiro atoms. The predicted molar refractivity (Wildman–Crippen MR) is 62.8 cm³/mol. The standard InChI is InChI=1S/C11H20N2O5/c1-9(2)11(14)18-12-7-5-3-4-6-10(12)8-17-13(15)16/h9-10H,3-8H2,1-2H3. The number of nitrogens with zero attached hydrogens (tertiary/aromatic N) is 2. The van der Waals surface area contributed by atoms with Gasteiger partial charge in [0.25, 0.3) is 5.09 Å². The third-order valence-electron chi connectivity index (χ3n) is 2.87. The van der Waals surface area contributed by atoms with Crippen LogP contribution in [-0.4, -0.2) is 35.3 Å². The first-order valence-electron chi connectivity index (χ1n) is 6.26. The van der Waals surface area contributed by atoms with Crippen molar-refractivity contribution in [2.24, 2.45) is 5.92 Å². The molecule has 0 aromatic heterocycles. The topological polar surface area (TPSA) is 81.9 Å². The molecule has 0 radical (unpaired) electrons. The molecule has 0 aliphatic carbocycles. The molecular formula is C11H20N2O5. The highest BCUT2D eigenvalue weighted by Gasteiger charge is 2.26. The van der Waals surface area contributed by atoms with E-state index in [1.54, 1.807) is 18.9 Å². The monoisotopic (exact) mass is 260 g/mol. The molecule has 0 bridgehead atoms. The summed E-state index contributed by atoms with van der Waals surface area (Å²) in [6.45, 7) is 4.05. The van der Waals surface area contributed by atoms with E-state index in [1.807, 2.05) is 0 Å². The number of carbonyl (C=O) groups excluding carboxylic acids is 1. The second kappa shape index (κ2) is 7.15. The number of hydroxylamine groups is 2. The molecule has 0 amide bonds. The highest BCUT2D eigenvalue weighted by atomic mass is 17.0. The van der Waals surface area contributed by atoms with Crippen molar-refractivity contribution in [3.05, 3.63) is 10.1 Å². The Hall–Kier alpha value is -1.37. The molecule has 104 valence electrons. The maximum Gasteiger partial charge on any atom is 0.327 e. The Morgan fingerprint density at radius 1 is 1.44 bits per heavy atom. The number of carbonyl (C=O) groups is 1. The fourth-order valence-corrected chi connectivity index (χ4v) is 1.81. The molecule has 7 nitrogen and oxygen atoms in total. The number of rotatable bonds is 5. The first kappa shape index (κ1) is 14.7. The lowest BCUT2D eigenvalue weighted by molar-refractivity contribution is -0.759. The van der Waals surface area contributed by atoms with E-state index in [4.69, 9.17) is 4.84 Å². The van der Waals surface area contributed by atoms with Gasteiger partial charge in [-0.3, -0.25) is 4.79 Å². The van der Waals surface area contributed by atoms with Crippen LogP contribution in [0, 0.1) is 16.0 Å². The smallest absolute Gasteiger partial charge is 0.327 e. The maximum atomic E-state index is 11.6. The minimum absolute atomic E-state index is 0.0572. The van der Waals surface area contributed by atoms with Crippen molar-refractivity contribution in [3.63, 3.8) is 0 Å². The second-order valence-electron chi connectivity index (χ2n) is 4.73. The summed E-state index contributed by atoms with van der Waals surface area (Å²) in [6.07, 6.45) is 3.64. The molecule has 0 aromatic rings. The first-order valence-corrected chi connectivity index (χ1v) is 6.26. The molecule has 0 aromatic carbocycles. The molecule has 7 heteroatoms. The molecule has 1 aliphatic heterocycles. The van der Waals surface area contributed by atoms with Gasteiger partial charge in [-0.1, -0.05) is 26.7 Å². The van der Waals surface area contributed by atoms with Gasteiger partial charge < -0.3 is 9.68 Å². The van der Waals surface area contributed by atoms with E-state index in [9.17, 15) is 14.9 Å². The SMILES string of the molecule is CC(C)C(=O)ON1CCCCCC1CO[N+](=O)[O-]. The zero-order chi connectivity index (χ0) is 13.5. The Kier molecular flexibility index (Phi) is 5.84. The van der Waals surface area contributed by atoms with Crippen molar-refractivity contribution in [1.82, 2.24) is 5.06 Å². The lowest BCUT2D eigenvalue weighted by Crippen LogP contribution is -2.41. The largest absolute Gasteiger partial charge is 0.367 e. The van der Waals surface area contributed by atoms with Crippen LogP contribution in [0.4, 0.5) is 0 Å². The van der Waals surface area contributed by atoms with Crippen molar-refractivity contribution in [2.75, 3.05) is 13.2 Å². The van der Waals surface area contributed by atoms with Gasteiger partial charge in [-0.15, -0.1) is 15.2 Å². The van der Waals surface area contributed by atoms with E-state index in [-0.39, 0.29) is 24.5 Å². The van der Waals surface area contributed by atoms with Crippen LogP contribution in [0.15, 0.2) is 0 Å². The van der Waals surface area contributed by atoms with Crippen molar-refractivity contribution in [1.29, 1.82) is 0 Å². The van der Waals surface area contributed by atoms with Crippen molar-refractivity contribution < 1.29 is 19.6 Å². The summed E-state index contributed by atoms with van der Waals surface area (Å²) < 4.78 is 0. The van der Waals surface area contributed by atoms with E-state index < -0.39 is 5.09 Å². The van der Waals surface area contributed by atoms with Crippen molar-refractivity contribution in [3.8, 4) is 0 Å². The van der Waals surface area contributed by atoms with Crippen molar-refractivity contribution in [2.45, 2.75) is 45.6 Å². The van der Waals surface area contributed by atoms with Gasteiger partial charge in [-0.05, 0) is 12.8 Å². The van der Waals surface area contributed by atoms with Crippen LogP contribution in [0.1, 0.15) is 39.5 Å². The van der Waals surface area contributed by atoms with E-state index in [0.717, 1.165) is 25.7 Å². The molecule has 1 aliphatic rings. The summed E-state index contributed by atoms with van der Waals surface area (Å²) >= 11 is 0. The molecule has 1 unspecified atom stereocenters. The molecule has 0 N–H and O–H groups in total. The molecule has 0 saturated carbocycles. The van der Waals surface area contributed by atoms with Crippen LogP contribution >= 0.6 is 0 Å².